The van der Waals surface area contributed by atoms with Crippen molar-refractivity contribution in [3.63, 3.8) is 0 Å². The molecule has 2 heterocycles. The van der Waals surface area contributed by atoms with Crippen molar-refractivity contribution in [3.8, 4) is 5.75 Å². The van der Waals surface area contributed by atoms with E-state index in [0.29, 0.717) is 11.8 Å². The van der Waals surface area contributed by atoms with Crippen LogP contribution in [0.5, 0.6) is 5.75 Å². The number of nitrogens with one attached hydrogen (secondary N) is 1. The van der Waals surface area contributed by atoms with Crippen LogP contribution in [0.15, 0.2) is 6.20 Å². The van der Waals surface area contributed by atoms with Gasteiger partial charge in [-0.05, 0) is 26.8 Å². The molecule has 0 aromatic carbocycles. The van der Waals surface area contributed by atoms with E-state index in [0.717, 1.165) is 11.4 Å². The molecule has 1 saturated heterocycles. The van der Waals surface area contributed by atoms with Crippen LogP contribution >= 0.6 is 0 Å². The Bertz CT molecular complexity index is 432. The highest BCUT2D eigenvalue weighted by Crippen LogP contribution is 2.42. The summed E-state index contributed by atoms with van der Waals surface area (Å²) in [5.74, 6) is 1.73. The largest absolute Gasteiger partial charge is 0.493 e. The zero-order valence-corrected chi connectivity index (χ0v) is 12.7. The van der Waals surface area contributed by atoms with E-state index in [1.54, 1.807) is 13.3 Å². The topological polar surface area (TPSA) is 48.3 Å². The molecule has 1 fully saturated rings. The first-order valence-electron chi connectivity index (χ1n) is 6.89. The van der Waals surface area contributed by atoms with E-state index < -0.39 is 0 Å². The van der Waals surface area contributed by atoms with Crippen molar-refractivity contribution < 1.29 is 9.47 Å². The number of nitrogens with zero attached hydrogens (tertiary/aromatic N) is 2. The van der Waals surface area contributed by atoms with Crippen LogP contribution in [0.4, 0.5) is 0 Å². The van der Waals surface area contributed by atoms with Crippen LogP contribution < -0.4 is 10.1 Å². The van der Waals surface area contributed by atoms with Crippen molar-refractivity contribution in [2.75, 3.05) is 14.2 Å². The van der Waals surface area contributed by atoms with E-state index in [4.69, 9.17) is 9.47 Å². The molecule has 1 aliphatic rings. The van der Waals surface area contributed by atoms with E-state index >= 15 is 0 Å². The smallest absolute Gasteiger partial charge is 0.161 e. The van der Waals surface area contributed by atoms with E-state index in [1.807, 2.05) is 18.8 Å². The maximum atomic E-state index is 5.97. The van der Waals surface area contributed by atoms with E-state index in [1.165, 1.54) is 0 Å². The van der Waals surface area contributed by atoms with Crippen molar-refractivity contribution in [1.29, 1.82) is 0 Å². The van der Waals surface area contributed by atoms with Crippen LogP contribution in [0.3, 0.4) is 0 Å². The van der Waals surface area contributed by atoms with Crippen LogP contribution in [-0.2, 0) is 11.8 Å². The van der Waals surface area contributed by atoms with Crippen LogP contribution in [0.1, 0.15) is 32.5 Å². The Labute approximate surface area is 115 Å². The molecule has 1 aliphatic heterocycles. The van der Waals surface area contributed by atoms with Crippen LogP contribution in [0.25, 0.3) is 0 Å². The Hall–Kier alpha value is -1.07. The number of aryl methyl sites for hydroxylation is 1. The minimum atomic E-state index is 0.178. The fourth-order valence-corrected chi connectivity index (χ4v) is 3.32. The quantitative estimate of drug-likeness (QED) is 0.903. The molecule has 19 heavy (non-hydrogen) atoms. The lowest BCUT2D eigenvalue weighted by Crippen LogP contribution is -2.34. The minimum absolute atomic E-state index is 0.178. The number of aromatic nitrogens is 2. The van der Waals surface area contributed by atoms with Crippen LogP contribution in [-0.4, -0.2) is 36.1 Å². The summed E-state index contributed by atoms with van der Waals surface area (Å²) in [7, 11) is 5.63. The summed E-state index contributed by atoms with van der Waals surface area (Å²) >= 11 is 0. The molecular formula is C14H25N3O2. The third-order valence-corrected chi connectivity index (χ3v) is 4.48. The molecule has 0 radical (unpaired) electrons. The average Bonchev–Trinajstić information content (AvgIpc) is 2.86. The van der Waals surface area contributed by atoms with Gasteiger partial charge in [0.05, 0.1) is 37.3 Å². The molecule has 5 atom stereocenters. The Balaban J connectivity index is 2.37. The summed E-state index contributed by atoms with van der Waals surface area (Å²) in [6.45, 7) is 6.55. The van der Waals surface area contributed by atoms with Gasteiger partial charge >= 0.3 is 0 Å². The molecule has 1 N–H and O–H groups in total. The third kappa shape index (κ3) is 2.37. The number of ether oxygens (including phenoxy) is 2. The first-order valence-corrected chi connectivity index (χ1v) is 6.89. The first-order chi connectivity index (χ1) is 9.01. The Morgan fingerprint density at radius 2 is 2.05 bits per heavy atom. The minimum Gasteiger partial charge on any atom is -0.493 e. The maximum Gasteiger partial charge on any atom is 0.161 e. The van der Waals surface area contributed by atoms with Crippen LogP contribution in [0.2, 0.25) is 0 Å². The van der Waals surface area contributed by atoms with Crippen molar-refractivity contribution >= 4 is 0 Å². The molecular weight excluding hydrogens is 242 g/mol. The summed E-state index contributed by atoms with van der Waals surface area (Å²) in [6, 6.07) is 0.178. The van der Waals surface area contributed by atoms with Crippen LogP contribution in [0, 0.1) is 11.8 Å². The molecule has 0 saturated carbocycles. The SMILES string of the molecule is CNC(c1c(OC)cnn1C)C1C(C)OC(C)C1C. The van der Waals surface area contributed by atoms with Gasteiger partial charge in [0, 0.05) is 13.0 Å². The van der Waals surface area contributed by atoms with Gasteiger partial charge in [0.15, 0.2) is 5.75 Å². The first kappa shape index (κ1) is 14.3. The molecule has 1 aromatic rings. The highest BCUT2D eigenvalue weighted by Gasteiger charge is 2.43. The lowest BCUT2D eigenvalue weighted by molar-refractivity contribution is 0.0474. The number of hydrogen-bond donors (Lipinski definition) is 1. The predicted octanol–water partition coefficient (Wildman–Crippen LogP) is 1.75. The van der Waals surface area contributed by atoms with Gasteiger partial charge in [-0.1, -0.05) is 6.92 Å². The molecule has 0 aliphatic carbocycles. The lowest BCUT2D eigenvalue weighted by Gasteiger charge is -2.29. The third-order valence-electron chi connectivity index (χ3n) is 4.48. The van der Waals surface area contributed by atoms with Crippen molar-refractivity contribution in [3.05, 3.63) is 11.9 Å². The zero-order chi connectivity index (χ0) is 14.2. The van der Waals surface area contributed by atoms with Gasteiger partial charge in [0.1, 0.15) is 0 Å². The molecule has 108 valence electrons. The second kappa shape index (κ2) is 5.51. The summed E-state index contributed by atoms with van der Waals surface area (Å²) in [6.07, 6.45) is 2.28. The second-order valence-electron chi connectivity index (χ2n) is 5.47. The van der Waals surface area contributed by atoms with Crippen molar-refractivity contribution in [1.82, 2.24) is 15.1 Å². The molecule has 2 rings (SSSR count). The van der Waals surface area contributed by atoms with E-state index in [2.05, 4.69) is 31.2 Å². The van der Waals surface area contributed by atoms with Gasteiger partial charge < -0.3 is 14.8 Å². The zero-order valence-electron chi connectivity index (χ0n) is 12.7. The lowest BCUT2D eigenvalue weighted by atomic mass is 9.82. The number of rotatable bonds is 4. The Morgan fingerprint density at radius 1 is 1.37 bits per heavy atom. The average molecular weight is 267 g/mol. The van der Waals surface area contributed by atoms with Gasteiger partial charge in [-0.25, -0.2) is 0 Å². The molecule has 5 nitrogen and oxygen atoms in total. The molecule has 0 spiro atoms. The van der Waals surface area contributed by atoms with E-state index in [-0.39, 0.29) is 18.2 Å². The van der Waals surface area contributed by atoms with Gasteiger partial charge in [-0.3, -0.25) is 4.68 Å². The Kier molecular flexibility index (Phi) is 4.16. The fourth-order valence-electron chi connectivity index (χ4n) is 3.32. The maximum absolute atomic E-state index is 5.97. The van der Waals surface area contributed by atoms with E-state index in [9.17, 15) is 0 Å². The highest BCUT2D eigenvalue weighted by molar-refractivity contribution is 5.29. The Morgan fingerprint density at radius 3 is 2.53 bits per heavy atom. The second-order valence-corrected chi connectivity index (χ2v) is 5.47. The summed E-state index contributed by atoms with van der Waals surface area (Å²) in [5, 5.41) is 7.73. The van der Waals surface area contributed by atoms with Gasteiger partial charge in [0.25, 0.3) is 0 Å². The highest BCUT2D eigenvalue weighted by atomic mass is 16.5. The summed E-state index contributed by atoms with van der Waals surface area (Å²) < 4.78 is 13.3. The van der Waals surface area contributed by atoms with Gasteiger partial charge in [0.2, 0.25) is 0 Å². The predicted molar refractivity (Wildman–Crippen MR) is 74.2 cm³/mol. The van der Waals surface area contributed by atoms with Gasteiger partial charge in [-0.2, -0.15) is 5.10 Å². The van der Waals surface area contributed by atoms with Gasteiger partial charge in [-0.15, -0.1) is 0 Å². The molecule has 0 amide bonds. The standard InChI is InChI=1S/C14H25N3O2/c1-8-9(2)19-10(3)12(8)13(15-4)14-11(18-6)7-16-17(14)5/h7-10,12-13,15H,1-6H3. The molecule has 5 heteroatoms. The molecule has 0 bridgehead atoms. The summed E-state index contributed by atoms with van der Waals surface area (Å²) in [4.78, 5) is 0. The number of hydrogen-bond acceptors (Lipinski definition) is 4. The van der Waals surface area contributed by atoms with Crippen molar-refractivity contribution in [2.45, 2.75) is 39.0 Å². The fraction of sp³-hybridized carbons (Fsp3) is 0.786. The molecule has 5 unspecified atom stereocenters. The normalized spacial score (nSPS) is 32.5. The van der Waals surface area contributed by atoms with Crippen molar-refractivity contribution in [2.24, 2.45) is 18.9 Å². The number of methoxy groups -OCH3 is 1. The monoisotopic (exact) mass is 267 g/mol. The molecule has 1 aromatic heterocycles. The summed E-state index contributed by atoms with van der Waals surface area (Å²) in [5.41, 5.74) is 1.09.